The molecule has 0 atom stereocenters. The lowest BCUT2D eigenvalue weighted by atomic mass is 10.2. The van der Waals surface area contributed by atoms with E-state index in [1.807, 2.05) is 0 Å². The van der Waals surface area contributed by atoms with Gasteiger partial charge < -0.3 is 5.32 Å². The van der Waals surface area contributed by atoms with Gasteiger partial charge in [-0.05, 0) is 43.2 Å². The van der Waals surface area contributed by atoms with Gasteiger partial charge in [0.1, 0.15) is 0 Å². The van der Waals surface area contributed by atoms with Gasteiger partial charge in [-0.2, -0.15) is 4.31 Å². The molecule has 1 heterocycles. The second-order valence-corrected chi connectivity index (χ2v) is 9.15. The fourth-order valence-corrected chi connectivity index (χ4v) is 4.95. The minimum Gasteiger partial charge on any atom is -0.321 e. The summed E-state index contributed by atoms with van der Waals surface area (Å²) in [6.45, 7) is 0.984. The number of rotatable bonds is 4. The number of sulfonamides is 1. The van der Waals surface area contributed by atoms with Crippen molar-refractivity contribution in [1.82, 2.24) is 4.31 Å². The van der Waals surface area contributed by atoms with Gasteiger partial charge in [0, 0.05) is 13.1 Å². The van der Waals surface area contributed by atoms with Gasteiger partial charge >= 0.3 is 0 Å². The summed E-state index contributed by atoms with van der Waals surface area (Å²) < 4.78 is 27.4. The zero-order chi connectivity index (χ0) is 19.4. The van der Waals surface area contributed by atoms with E-state index >= 15 is 0 Å². The highest BCUT2D eigenvalue weighted by Gasteiger charge is 2.26. The van der Waals surface area contributed by atoms with Crippen molar-refractivity contribution in [2.75, 3.05) is 18.4 Å². The number of para-hydroxylation sites is 1. The van der Waals surface area contributed by atoms with Crippen LogP contribution in [0.25, 0.3) is 0 Å². The van der Waals surface area contributed by atoms with E-state index in [1.165, 1.54) is 22.5 Å². The predicted octanol–water partition coefficient (Wildman–Crippen LogP) is 4.81. The highest BCUT2D eigenvalue weighted by atomic mass is 35.5. The molecule has 0 aromatic heterocycles. The lowest BCUT2D eigenvalue weighted by Gasteiger charge is -2.20. The number of hydrogen-bond acceptors (Lipinski definition) is 3. The number of halogens is 2. The number of amides is 1. The van der Waals surface area contributed by atoms with Crippen molar-refractivity contribution in [3.8, 4) is 0 Å². The molecule has 0 spiro atoms. The van der Waals surface area contributed by atoms with E-state index in [1.54, 1.807) is 24.3 Å². The third-order valence-electron chi connectivity index (χ3n) is 4.51. The van der Waals surface area contributed by atoms with Crippen LogP contribution in [0.2, 0.25) is 10.0 Å². The normalized spacial score (nSPS) is 15.9. The summed E-state index contributed by atoms with van der Waals surface area (Å²) in [5.41, 5.74) is 0.522. The first-order valence-electron chi connectivity index (χ1n) is 8.75. The van der Waals surface area contributed by atoms with Crippen molar-refractivity contribution in [2.45, 2.75) is 30.6 Å². The van der Waals surface area contributed by atoms with Gasteiger partial charge in [-0.3, -0.25) is 4.79 Å². The molecule has 5 nitrogen and oxygen atoms in total. The maximum absolute atomic E-state index is 13.0. The van der Waals surface area contributed by atoms with Crippen LogP contribution in [0.3, 0.4) is 0 Å². The van der Waals surface area contributed by atoms with Crippen molar-refractivity contribution < 1.29 is 13.2 Å². The molecule has 1 saturated heterocycles. The largest absolute Gasteiger partial charge is 0.321 e. The molecule has 27 heavy (non-hydrogen) atoms. The number of carbonyl (C=O) groups is 1. The Balaban J connectivity index is 1.89. The summed E-state index contributed by atoms with van der Waals surface area (Å²) in [5, 5.41) is 3.23. The zero-order valence-corrected chi connectivity index (χ0v) is 16.9. The first-order valence-corrected chi connectivity index (χ1v) is 10.9. The van der Waals surface area contributed by atoms with Crippen LogP contribution in [-0.4, -0.2) is 31.7 Å². The maximum Gasteiger partial charge on any atom is 0.257 e. The second kappa shape index (κ2) is 8.61. The molecule has 0 bridgehead atoms. The Labute approximate surface area is 169 Å². The smallest absolute Gasteiger partial charge is 0.257 e. The van der Waals surface area contributed by atoms with E-state index in [0.29, 0.717) is 23.8 Å². The number of nitrogens with one attached hydrogen (secondary N) is 1. The maximum atomic E-state index is 13.0. The third-order valence-corrected chi connectivity index (χ3v) is 7.06. The summed E-state index contributed by atoms with van der Waals surface area (Å²) in [5.74, 6) is -0.513. The van der Waals surface area contributed by atoms with Gasteiger partial charge in [0.15, 0.2) is 0 Å². The first kappa shape index (κ1) is 20.1. The molecule has 1 N–H and O–H groups in total. The van der Waals surface area contributed by atoms with Crippen LogP contribution in [0, 0.1) is 0 Å². The van der Waals surface area contributed by atoms with E-state index in [9.17, 15) is 13.2 Å². The second-order valence-electron chi connectivity index (χ2n) is 6.39. The Kier molecular flexibility index (Phi) is 6.42. The predicted molar refractivity (Wildman–Crippen MR) is 108 cm³/mol. The number of anilines is 1. The minimum atomic E-state index is -3.67. The van der Waals surface area contributed by atoms with Crippen molar-refractivity contribution in [2.24, 2.45) is 0 Å². The van der Waals surface area contributed by atoms with Crippen molar-refractivity contribution in [3.63, 3.8) is 0 Å². The first-order chi connectivity index (χ1) is 12.9. The molecule has 0 aliphatic carbocycles. The Morgan fingerprint density at radius 1 is 0.926 bits per heavy atom. The van der Waals surface area contributed by atoms with E-state index in [0.717, 1.165) is 25.7 Å². The molecule has 1 aliphatic rings. The summed E-state index contributed by atoms with van der Waals surface area (Å²) in [7, 11) is -3.67. The molecule has 1 aliphatic heterocycles. The average Bonchev–Trinajstić information content (AvgIpc) is 2.94. The fraction of sp³-hybridized carbons (Fsp3) is 0.316. The molecule has 144 valence electrons. The molecule has 0 unspecified atom stereocenters. The van der Waals surface area contributed by atoms with E-state index in [-0.39, 0.29) is 15.5 Å². The Morgan fingerprint density at radius 3 is 2.26 bits per heavy atom. The molecule has 2 aromatic carbocycles. The van der Waals surface area contributed by atoms with Crippen LogP contribution in [0.4, 0.5) is 5.69 Å². The molecule has 1 amide bonds. The van der Waals surface area contributed by atoms with E-state index in [2.05, 4.69) is 5.32 Å². The lowest BCUT2D eigenvalue weighted by molar-refractivity contribution is 0.102. The zero-order valence-electron chi connectivity index (χ0n) is 14.6. The molecule has 1 fully saturated rings. The van der Waals surface area contributed by atoms with Gasteiger partial charge in [0.2, 0.25) is 10.0 Å². The van der Waals surface area contributed by atoms with Gasteiger partial charge in [-0.1, -0.05) is 48.2 Å². The van der Waals surface area contributed by atoms with Gasteiger partial charge in [0.25, 0.3) is 5.91 Å². The highest BCUT2D eigenvalue weighted by Crippen LogP contribution is 2.27. The van der Waals surface area contributed by atoms with Crippen LogP contribution in [0.15, 0.2) is 47.4 Å². The quantitative estimate of drug-likeness (QED) is 0.762. The molecule has 8 heteroatoms. The summed E-state index contributed by atoms with van der Waals surface area (Å²) in [4.78, 5) is 12.7. The molecular formula is C19H20Cl2N2O3S. The Morgan fingerprint density at radius 2 is 1.59 bits per heavy atom. The number of benzene rings is 2. The minimum absolute atomic E-state index is 0.0677. The van der Waals surface area contributed by atoms with Crippen molar-refractivity contribution in [1.29, 1.82) is 0 Å². The van der Waals surface area contributed by atoms with Gasteiger partial charge in [0.05, 0.1) is 26.2 Å². The molecular weight excluding hydrogens is 407 g/mol. The third kappa shape index (κ3) is 4.63. The topological polar surface area (TPSA) is 66.5 Å². The number of carbonyl (C=O) groups excluding carboxylic acids is 1. The molecule has 2 aromatic rings. The number of hydrogen-bond donors (Lipinski definition) is 1. The SMILES string of the molecule is O=C(Nc1ccccc1Cl)c1cc(S(=O)(=O)N2CCCCCC2)ccc1Cl. The molecule has 3 rings (SSSR count). The van der Waals surface area contributed by atoms with E-state index in [4.69, 9.17) is 23.2 Å². The summed E-state index contributed by atoms with van der Waals surface area (Å²) >= 11 is 12.2. The Bertz CT molecular complexity index is 940. The molecule has 0 saturated carbocycles. The van der Waals surface area contributed by atoms with Crippen LogP contribution < -0.4 is 5.32 Å². The van der Waals surface area contributed by atoms with Crippen LogP contribution >= 0.6 is 23.2 Å². The summed E-state index contributed by atoms with van der Waals surface area (Å²) in [6.07, 6.45) is 3.73. The summed E-state index contributed by atoms with van der Waals surface area (Å²) in [6, 6.07) is 11.0. The Hall–Kier alpha value is -1.60. The monoisotopic (exact) mass is 426 g/mol. The highest BCUT2D eigenvalue weighted by molar-refractivity contribution is 7.89. The fourth-order valence-electron chi connectivity index (χ4n) is 3.02. The standard InChI is InChI=1S/C19H20Cl2N2O3S/c20-16-10-9-14(27(25,26)23-11-5-1-2-6-12-23)13-15(16)19(24)22-18-8-4-3-7-17(18)21/h3-4,7-10,13H,1-2,5-6,11-12H2,(H,22,24). The number of nitrogens with zero attached hydrogens (tertiary/aromatic N) is 1. The van der Waals surface area contributed by atoms with Gasteiger partial charge in [-0.15, -0.1) is 0 Å². The van der Waals surface area contributed by atoms with E-state index < -0.39 is 15.9 Å². The van der Waals surface area contributed by atoms with Crippen LogP contribution in [0.5, 0.6) is 0 Å². The molecule has 0 radical (unpaired) electrons. The van der Waals surface area contributed by atoms with Crippen molar-refractivity contribution in [3.05, 3.63) is 58.1 Å². The average molecular weight is 427 g/mol. The van der Waals surface area contributed by atoms with Crippen LogP contribution in [-0.2, 0) is 10.0 Å². The van der Waals surface area contributed by atoms with Gasteiger partial charge in [-0.25, -0.2) is 8.42 Å². The van der Waals surface area contributed by atoms with Crippen LogP contribution in [0.1, 0.15) is 36.0 Å². The van der Waals surface area contributed by atoms with Crippen molar-refractivity contribution >= 4 is 44.8 Å². The lowest BCUT2D eigenvalue weighted by Crippen LogP contribution is -2.32.